The number of amides is 1. The van der Waals surface area contributed by atoms with Crippen molar-refractivity contribution < 1.29 is 32.6 Å². The number of benzene rings is 2. The van der Waals surface area contributed by atoms with Gasteiger partial charge < -0.3 is 19.9 Å². The van der Waals surface area contributed by atoms with E-state index >= 15 is 0 Å². The summed E-state index contributed by atoms with van der Waals surface area (Å²) < 4.78 is 37.6. The normalized spacial score (nSPS) is 10.8. The van der Waals surface area contributed by atoms with Gasteiger partial charge in [-0.05, 0) is 24.3 Å². The molecule has 27 heavy (non-hydrogen) atoms. The second-order valence-electron chi connectivity index (χ2n) is 5.37. The molecule has 2 aromatic rings. The summed E-state index contributed by atoms with van der Waals surface area (Å²) in [6.07, 6.45) is 0. The smallest absolute Gasteiger partial charge is 0.337 e. The predicted octanol–water partition coefficient (Wildman–Crippen LogP) is 2.16. The van der Waals surface area contributed by atoms with Crippen molar-refractivity contribution in [1.82, 2.24) is 0 Å². The zero-order valence-corrected chi connectivity index (χ0v) is 15.6. The molecule has 0 aliphatic rings. The van der Waals surface area contributed by atoms with Crippen molar-refractivity contribution in [3.05, 3.63) is 42.0 Å². The Balaban J connectivity index is 2.42. The molecule has 0 unspecified atom stereocenters. The number of nitrogens with one attached hydrogen (secondary N) is 2. The Kier molecular flexibility index (Phi) is 5.91. The van der Waals surface area contributed by atoms with Crippen LogP contribution in [0.25, 0.3) is 0 Å². The van der Waals surface area contributed by atoms with Crippen LogP contribution in [0.3, 0.4) is 0 Å². The van der Waals surface area contributed by atoms with E-state index in [-0.39, 0.29) is 33.6 Å². The number of ether oxygens (including phenoxy) is 2. The Hall–Kier alpha value is -3.27. The van der Waals surface area contributed by atoms with Gasteiger partial charge in [-0.3, -0.25) is 9.52 Å². The number of sulfonamides is 1. The lowest BCUT2D eigenvalue weighted by molar-refractivity contribution is -0.114. The maximum absolute atomic E-state index is 12.6. The molecule has 0 bridgehead atoms. The summed E-state index contributed by atoms with van der Waals surface area (Å²) in [6, 6.07) is 7.80. The van der Waals surface area contributed by atoms with E-state index < -0.39 is 16.0 Å². The maximum atomic E-state index is 12.6. The van der Waals surface area contributed by atoms with E-state index in [0.29, 0.717) is 5.69 Å². The highest BCUT2D eigenvalue weighted by Crippen LogP contribution is 2.34. The second kappa shape index (κ2) is 7.96. The van der Waals surface area contributed by atoms with Gasteiger partial charge in [0.15, 0.2) is 11.5 Å². The fourth-order valence-electron chi connectivity index (χ4n) is 2.26. The Morgan fingerprint density at radius 1 is 1.00 bits per heavy atom. The molecule has 1 amide bonds. The Morgan fingerprint density at radius 3 is 2.04 bits per heavy atom. The molecule has 0 saturated carbocycles. The molecule has 0 atom stereocenters. The number of hydrogen-bond donors (Lipinski definition) is 3. The van der Waals surface area contributed by atoms with Crippen molar-refractivity contribution in [3.63, 3.8) is 0 Å². The standard InChI is InChI=1S/C17H18N2O7S/c1-10(20)18-11-4-6-12(7-5-11)27(23,24)19-14-9-16(26-3)15(25-2)8-13(14)17(21)22/h4-9,19H,1-3H3,(H,18,20)(H,21,22). The number of aromatic carboxylic acids is 1. The van der Waals surface area contributed by atoms with Crippen LogP contribution in [-0.4, -0.2) is 39.6 Å². The predicted molar refractivity (Wildman–Crippen MR) is 98.1 cm³/mol. The summed E-state index contributed by atoms with van der Waals surface area (Å²) >= 11 is 0. The van der Waals surface area contributed by atoms with Gasteiger partial charge in [0.1, 0.15) is 0 Å². The lowest BCUT2D eigenvalue weighted by Crippen LogP contribution is -2.16. The van der Waals surface area contributed by atoms with Crippen molar-refractivity contribution in [3.8, 4) is 11.5 Å². The summed E-state index contributed by atoms with van der Waals surface area (Å²) in [5, 5.41) is 11.9. The van der Waals surface area contributed by atoms with Crippen LogP contribution in [-0.2, 0) is 14.8 Å². The van der Waals surface area contributed by atoms with Gasteiger partial charge >= 0.3 is 5.97 Å². The molecule has 3 N–H and O–H groups in total. The number of anilines is 2. The van der Waals surface area contributed by atoms with Gasteiger partial charge in [-0.1, -0.05) is 0 Å². The summed E-state index contributed by atoms with van der Waals surface area (Å²) in [6.45, 7) is 1.33. The first kappa shape index (κ1) is 20.0. The van der Waals surface area contributed by atoms with Crippen LogP contribution in [0.15, 0.2) is 41.3 Å². The second-order valence-corrected chi connectivity index (χ2v) is 7.05. The van der Waals surface area contributed by atoms with Gasteiger partial charge in [-0.15, -0.1) is 0 Å². The minimum absolute atomic E-state index is 0.109. The Bertz CT molecular complexity index is 970. The van der Waals surface area contributed by atoms with Crippen LogP contribution >= 0.6 is 0 Å². The first-order valence-corrected chi connectivity index (χ1v) is 9.06. The Morgan fingerprint density at radius 2 is 1.56 bits per heavy atom. The third-order valence-corrected chi connectivity index (χ3v) is 4.86. The topological polar surface area (TPSA) is 131 Å². The molecular weight excluding hydrogens is 376 g/mol. The van der Waals surface area contributed by atoms with Crippen molar-refractivity contribution in [2.24, 2.45) is 0 Å². The molecule has 0 aliphatic carbocycles. The number of methoxy groups -OCH3 is 2. The van der Waals surface area contributed by atoms with Gasteiger partial charge in [0.25, 0.3) is 10.0 Å². The molecule has 0 saturated heterocycles. The first-order valence-electron chi connectivity index (χ1n) is 7.57. The van der Waals surface area contributed by atoms with Crippen molar-refractivity contribution in [2.45, 2.75) is 11.8 Å². The molecule has 0 radical (unpaired) electrons. The third-order valence-electron chi connectivity index (χ3n) is 3.48. The lowest BCUT2D eigenvalue weighted by atomic mass is 10.1. The zero-order valence-electron chi connectivity index (χ0n) is 14.8. The molecular formula is C17H18N2O7S. The van der Waals surface area contributed by atoms with E-state index in [1.807, 2.05) is 0 Å². The van der Waals surface area contributed by atoms with Crippen LogP contribution in [0.4, 0.5) is 11.4 Å². The van der Waals surface area contributed by atoms with Gasteiger partial charge in [0.05, 0.1) is 30.4 Å². The number of hydrogen-bond acceptors (Lipinski definition) is 6. The summed E-state index contributed by atoms with van der Waals surface area (Å²) in [4.78, 5) is 22.4. The van der Waals surface area contributed by atoms with Crippen LogP contribution in [0.5, 0.6) is 11.5 Å². The number of carbonyl (C=O) groups is 2. The summed E-state index contributed by atoms with van der Waals surface area (Å²) in [5.41, 5.74) is -0.0454. The van der Waals surface area contributed by atoms with Crippen molar-refractivity contribution >= 4 is 33.3 Å². The van der Waals surface area contributed by atoms with E-state index in [4.69, 9.17) is 9.47 Å². The van der Waals surface area contributed by atoms with E-state index in [0.717, 1.165) is 0 Å². The summed E-state index contributed by atoms with van der Waals surface area (Å²) in [5.74, 6) is -1.31. The molecule has 144 valence electrons. The largest absolute Gasteiger partial charge is 0.493 e. The fraction of sp³-hybridized carbons (Fsp3) is 0.176. The van der Waals surface area contributed by atoms with Crippen LogP contribution in [0.1, 0.15) is 17.3 Å². The van der Waals surface area contributed by atoms with Gasteiger partial charge in [0.2, 0.25) is 5.91 Å². The molecule has 2 rings (SSSR count). The van der Waals surface area contributed by atoms with E-state index in [2.05, 4.69) is 10.0 Å². The molecule has 0 fully saturated rings. The summed E-state index contributed by atoms with van der Waals surface area (Å²) in [7, 11) is -1.40. The van der Waals surface area contributed by atoms with Gasteiger partial charge in [-0.2, -0.15) is 0 Å². The molecule has 0 spiro atoms. The molecule has 0 aliphatic heterocycles. The minimum atomic E-state index is -4.08. The highest BCUT2D eigenvalue weighted by molar-refractivity contribution is 7.92. The lowest BCUT2D eigenvalue weighted by Gasteiger charge is -2.15. The zero-order chi connectivity index (χ0) is 20.2. The van der Waals surface area contributed by atoms with E-state index in [1.54, 1.807) is 0 Å². The number of carbonyl (C=O) groups excluding carboxylic acids is 1. The number of carboxylic acids is 1. The molecule has 0 aromatic heterocycles. The van der Waals surface area contributed by atoms with Crippen molar-refractivity contribution in [1.29, 1.82) is 0 Å². The van der Waals surface area contributed by atoms with Crippen LogP contribution in [0.2, 0.25) is 0 Å². The van der Waals surface area contributed by atoms with Crippen LogP contribution < -0.4 is 19.5 Å². The first-order chi connectivity index (χ1) is 12.7. The van der Waals surface area contributed by atoms with Crippen LogP contribution in [0, 0.1) is 0 Å². The number of carboxylic acid groups (broad SMARTS) is 1. The molecule has 0 heterocycles. The van der Waals surface area contributed by atoms with Crippen molar-refractivity contribution in [2.75, 3.05) is 24.3 Å². The maximum Gasteiger partial charge on any atom is 0.337 e. The van der Waals surface area contributed by atoms with E-state index in [1.165, 1.54) is 57.5 Å². The quantitative estimate of drug-likeness (QED) is 0.656. The third kappa shape index (κ3) is 4.67. The Labute approximate surface area is 156 Å². The SMILES string of the molecule is COc1cc(NS(=O)(=O)c2ccc(NC(C)=O)cc2)c(C(=O)O)cc1OC. The average molecular weight is 394 g/mol. The van der Waals surface area contributed by atoms with E-state index in [9.17, 15) is 23.1 Å². The molecule has 10 heteroatoms. The average Bonchev–Trinajstić information content (AvgIpc) is 2.60. The van der Waals surface area contributed by atoms with Gasteiger partial charge in [-0.25, -0.2) is 13.2 Å². The van der Waals surface area contributed by atoms with Gasteiger partial charge in [0, 0.05) is 24.7 Å². The monoisotopic (exact) mass is 394 g/mol. The fourth-order valence-corrected chi connectivity index (χ4v) is 3.34. The molecule has 9 nitrogen and oxygen atoms in total. The highest BCUT2D eigenvalue weighted by atomic mass is 32.2. The molecule has 2 aromatic carbocycles. The highest BCUT2D eigenvalue weighted by Gasteiger charge is 2.21. The number of rotatable bonds is 7. The minimum Gasteiger partial charge on any atom is -0.493 e.